The molecule has 3 rings (SSSR count). The Morgan fingerprint density at radius 2 is 1.83 bits per heavy atom. The van der Waals surface area contributed by atoms with Crippen molar-refractivity contribution >= 4 is 21.8 Å². The third kappa shape index (κ3) is 4.36. The molecule has 1 unspecified atom stereocenters. The summed E-state index contributed by atoms with van der Waals surface area (Å²) in [6.07, 6.45) is 1.57. The first-order valence-corrected chi connectivity index (χ1v) is 10.7. The minimum atomic E-state index is -3.36. The van der Waals surface area contributed by atoms with Crippen molar-refractivity contribution in [1.29, 1.82) is 0 Å². The van der Waals surface area contributed by atoms with Crippen LogP contribution in [0.2, 0.25) is 0 Å². The van der Waals surface area contributed by atoms with Gasteiger partial charge in [-0.1, -0.05) is 17.2 Å². The van der Waals surface area contributed by atoms with Crippen LogP contribution in [0.4, 0.5) is 6.01 Å². The number of carbonyl (C=O) groups excluding carboxylic acids is 1. The molecule has 0 bridgehead atoms. The van der Waals surface area contributed by atoms with Crippen LogP contribution in [0.5, 0.6) is 0 Å². The molecule has 1 atom stereocenters. The van der Waals surface area contributed by atoms with Crippen molar-refractivity contribution in [3.8, 4) is 22.8 Å². The molecule has 1 amide bonds. The molecule has 3 aromatic rings. The number of nitrogens with zero attached hydrogens (tertiary/aromatic N) is 4. The molecular weight excluding hydrogens is 408 g/mol. The quantitative estimate of drug-likeness (QED) is 0.595. The first-order chi connectivity index (χ1) is 14.1. The zero-order chi connectivity index (χ0) is 22.1. The van der Waals surface area contributed by atoms with Gasteiger partial charge in [0.25, 0.3) is 5.89 Å². The fourth-order valence-corrected chi connectivity index (χ4v) is 3.53. The van der Waals surface area contributed by atoms with Crippen LogP contribution in [0.15, 0.2) is 39.8 Å². The van der Waals surface area contributed by atoms with Crippen LogP contribution >= 0.6 is 0 Å². The second-order valence-electron chi connectivity index (χ2n) is 7.00. The zero-order valence-corrected chi connectivity index (χ0v) is 17.8. The molecule has 10 nitrogen and oxygen atoms in total. The predicted molar refractivity (Wildman–Crippen MR) is 114 cm³/mol. The molecule has 162 valence electrons. The molecule has 0 saturated carbocycles. The van der Waals surface area contributed by atoms with Crippen molar-refractivity contribution in [2.75, 3.05) is 5.32 Å². The van der Waals surface area contributed by atoms with E-state index in [1.807, 2.05) is 0 Å². The van der Waals surface area contributed by atoms with Crippen molar-refractivity contribution in [1.82, 2.24) is 20.2 Å². The lowest BCUT2D eigenvalue weighted by atomic mass is 10.1. The Morgan fingerprint density at radius 1 is 1.17 bits per heavy atom. The lowest BCUT2D eigenvalue weighted by Gasteiger charge is -2.09. The topological polar surface area (TPSA) is 154 Å². The van der Waals surface area contributed by atoms with Crippen molar-refractivity contribution in [3.63, 3.8) is 0 Å². The van der Waals surface area contributed by atoms with E-state index in [-0.39, 0.29) is 19.7 Å². The van der Waals surface area contributed by atoms with E-state index in [1.54, 1.807) is 51.2 Å². The van der Waals surface area contributed by atoms with E-state index >= 15 is 0 Å². The van der Waals surface area contributed by atoms with Crippen LogP contribution in [0.1, 0.15) is 29.3 Å². The summed E-state index contributed by atoms with van der Waals surface area (Å²) in [5.74, 6) is -0.376. The van der Waals surface area contributed by atoms with E-state index in [0.29, 0.717) is 22.6 Å². The van der Waals surface area contributed by atoms with Gasteiger partial charge in [-0.3, -0.25) is 15.1 Å². The smallest absolute Gasteiger partial charge is 0.322 e. The third-order valence-electron chi connectivity index (χ3n) is 4.33. The molecule has 2 aromatic heterocycles. The number of nitrogens with one attached hydrogen (secondary N) is 1. The van der Waals surface area contributed by atoms with Crippen molar-refractivity contribution < 1.29 is 20.5 Å². The van der Waals surface area contributed by atoms with Gasteiger partial charge in [-0.05, 0) is 39.8 Å². The maximum atomic E-state index is 12.3. The van der Waals surface area contributed by atoms with Crippen LogP contribution in [0.3, 0.4) is 0 Å². The number of amides is 1. The summed E-state index contributed by atoms with van der Waals surface area (Å²) < 4.78 is 30.0. The average Bonchev–Trinajstić information content (AvgIpc) is 3.16. The number of rotatable bonds is 6. The van der Waals surface area contributed by atoms with Gasteiger partial charge >= 0.3 is 6.01 Å². The number of aromatic nitrogens is 4. The largest absolute Gasteiger partial charge is 0.401 e. The van der Waals surface area contributed by atoms with Gasteiger partial charge in [-0.15, -0.1) is 5.10 Å². The normalized spacial score (nSPS) is 12.7. The zero-order valence-electron chi connectivity index (χ0n) is 16.9. The number of hydrogen-bond donors (Lipinski definition) is 2. The molecule has 0 spiro atoms. The second kappa shape index (κ2) is 8.28. The molecule has 0 aliphatic heterocycles. The summed E-state index contributed by atoms with van der Waals surface area (Å²) >= 11 is 0. The van der Waals surface area contributed by atoms with Crippen molar-refractivity contribution in [3.05, 3.63) is 36.2 Å². The van der Waals surface area contributed by atoms with E-state index in [9.17, 15) is 13.2 Å². The van der Waals surface area contributed by atoms with E-state index in [2.05, 4.69) is 25.5 Å². The van der Waals surface area contributed by atoms with Crippen LogP contribution < -0.4 is 11.1 Å². The van der Waals surface area contributed by atoms with Crippen LogP contribution in [0, 0.1) is 6.92 Å². The van der Waals surface area contributed by atoms with Gasteiger partial charge in [-0.2, -0.15) is 0 Å². The highest BCUT2D eigenvalue weighted by Gasteiger charge is 2.20. The maximum absolute atomic E-state index is 12.3. The Bertz CT molecular complexity index is 1180. The Balaban J connectivity index is 0.00000256. The molecule has 0 fully saturated rings. The van der Waals surface area contributed by atoms with Gasteiger partial charge in [0.1, 0.15) is 5.69 Å². The number of aryl methyl sites for hydroxylation is 1. The molecule has 1 aromatic carbocycles. The number of nitrogens with two attached hydrogens (primary N) is 1. The molecule has 2 heterocycles. The minimum Gasteiger partial charge on any atom is -0.401 e. The summed E-state index contributed by atoms with van der Waals surface area (Å²) in [6.45, 7) is 6.53. The highest BCUT2D eigenvalue weighted by atomic mass is 32.2. The predicted octanol–water partition coefficient (Wildman–Crippen LogP) is 2.46. The van der Waals surface area contributed by atoms with E-state index in [1.165, 1.54) is 6.92 Å². The third-order valence-corrected chi connectivity index (χ3v) is 6.50. The first kappa shape index (κ1) is 21.5. The average molecular weight is 435 g/mol. The van der Waals surface area contributed by atoms with Crippen molar-refractivity contribution in [2.24, 2.45) is 5.73 Å². The van der Waals surface area contributed by atoms with E-state index in [0.717, 1.165) is 0 Å². The molecule has 11 heteroatoms. The Labute approximate surface area is 176 Å². The molecule has 0 radical (unpaired) electrons. The lowest BCUT2D eigenvalue weighted by molar-refractivity contribution is -0.117. The van der Waals surface area contributed by atoms with Crippen molar-refractivity contribution in [2.45, 2.75) is 43.9 Å². The van der Waals surface area contributed by atoms with Gasteiger partial charge in [0, 0.05) is 8.42 Å². The minimum absolute atomic E-state index is 0. The standard InChI is InChI=1S/C19H22N6O4S.2H2/c1-10(2)30(27,28)14-7-5-13(6-8-14)15-9-21-12(4)16(22-15)18-24-25-19(29-18)23-17(26)11(3)20;;/h5-11H,20H2,1-4H3,(H,23,25,26);2*1H. The number of anilines is 1. The molecule has 0 aliphatic rings. The Hall–Kier alpha value is -3.18. The Morgan fingerprint density at radius 3 is 2.43 bits per heavy atom. The highest BCUT2D eigenvalue weighted by Crippen LogP contribution is 2.26. The summed E-state index contributed by atoms with van der Waals surface area (Å²) in [7, 11) is -3.36. The number of benzene rings is 1. The molecular formula is C19H26N6O4S. The SMILES string of the molecule is Cc1ncc(-c2ccc(S(=O)(=O)C(C)C)cc2)nc1-c1nnc(NC(=O)C(C)N)o1.[HH].[HH]. The summed E-state index contributed by atoms with van der Waals surface area (Å²) in [6, 6.07) is 5.59. The van der Waals surface area contributed by atoms with Crippen LogP contribution in [-0.2, 0) is 14.6 Å². The van der Waals surface area contributed by atoms with Gasteiger partial charge in [0.15, 0.2) is 9.84 Å². The van der Waals surface area contributed by atoms with Gasteiger partial charge in [0.05, 0.1) is 33.8 Å². The van der Waals surface area contributed by atoms with Gasteiger partial charge in [-0.25, -0.2) is 13.4 Å². The van der Waals surface area contributed by atoms with Crippen LogP contribution in [-0.4, -0.2) is 45.8 Å². The maximum Gasteiger partial charge on any atom is 0.322 e. The fourth-order valence-electron chi connectivity index (χ4n) is 2.47. The summed E-state index contributed by atoms with van der Waals surface area (Å²) in [5.41, 5.74) is 7.58. The summed E-state index contributed by atoms with van der Waals surface area (Å²) in [4.78, 5) is 20.7. The van der Waals surface area contributed by atoms with E-state index in [4.69, 9.17) is 10.2 Å². The van der Waals surface area contributed by atoms with Gasteiger partial charge < -0.3 is 10.2 Å². The van der Waals surface area contributed by atoms with E-state index < -0.39 is 27.0 Å². The Kier molecular flexibility index (Phi) is 5.94. The highest BCUT2D eigenvalue weighted by molar-refractivity contribution is 7.92. The second-order valence-corrected chi connectivity index (χ2v) is 9.50. The van der Waals surface area contributed by atoms with Gasteiger partial charge in [0.2, 0.25) is 5.91 Å². The number of hydrogen-bond acceptors (Lipinski definition) is 9. The molecule has 30 heavy (non-hydrogen) atoms. The summed E-state index contributed by atoms with van der Waals surface area (Å²) in [5, 5.41) is 9.59. The monoisotopic (exact) mass is 434 g/mol. The first-order valence-electron chi connectivity index (χ1n) is 9.18. The van der Waals surface area contributed by atoms with Crippen LogP contribution in [0.25, 0.3) is 22.8 Å². The number of sulfone groups is 1. The molecule has 0 saturated heterocycles. The lowest BCUT2D eigenvalue weighted by Crippen LogP contribution is -2.32. The molecule has 3 N–H and O–H groups in total. The molecule has 0 aliphatic carbocycles. The fraction of sp³-hybridized carbons (Fsp3) is 0.316. The number of carbonyl (C=O) groups is 1.